The minimum absolute atomic E-state index is 0.0379. The van der Waals surface area contributed by atoms with Crippen LogP contribution >= 0.6 is 23.2 Å². The van der Waals surface area contributed by atoms with Gasteiger partial charge in [0, 0.05) is 36.9 Å². The van der Waals surface area contributed by atoms with Crippen molar-refractivity contribution in [2.24, 2.45) is 0 Å². The second-order valence-electron chi connectivity index (χ2n) is 5.44. The molecule has 1 saturated heterocycles. The van der Waals surface area contributed by atoms with Crippen molar-refractivity contribution >= 4 is 35.1 Å². The van der Waals surface area contributed by atoms with Crippen LogP contribution in [-0.4, -0.2) is 54.3 Å². The average Bonchev–Trinajstić information content (AvgIpc) is 2.56. The molecule has 1 aromatic rings. The summed E-state index contributed by atoms with van der Waals surface area (Å²) in [5.41, 5.74) is 0. The lowest BCUT2D eigenvalue weighted by molar-refractivity contribution is -0.141. The first-order chi connectivity index (χ1) is 11.5. The fourth-order valence-electron chi connectivity index (χ4n) is 2.53. The molecule has 1 amide bonds. The van der Waals surface area contributed by atoms with Crippen molar-refractivity contribution in [1.82, 2.24) is 4.90 Å². The zero-order chi connectivity index (χ0) is 17.5. The predicted octanol–water partition coefficient (Wildman–Crippen LogP) is 2.85. The molecule has 132 valence electrons. The number of carboxylic acids is 1. The van der Waals surface area contributed by atoms with Gasteiger partial charge in [-0.25, -0.2) is 0 Å². The van der Waals surface area contributed by atoms with Gasteiger partial charge < -0.3 is 19.5 Å². The van der Waals surface area contributed by atoms with E-state index >= 15 is 0 Å². The summed E-state index contributed by atoms with van der Waals surface area (Å²) in [5.74, 6) is -0.902. The molecular weight excluding hydrogens is 357 g/mol. The van der Waals surface area contributed by atoms with Crippen LogP contribution in [0.5, 0.6) is 5.75 Å². The van der Waals surface area contributed by atoms with Gasteiger partial charge in [-0.15, -0.1) is 0 Å². The summed E-state index contributed by atoms with van der Waals surface area (Å²) in [6, 6.07) is 4.71. The standard InChI is InChI=1S/C16H19Cl2NO5/c17-11-1-2-13(18)14(9-11)24-10-15(20)19(6-3-16(21)22)12-4-7-23-8-5-12/h1-2,9,12H,3-8,10H2,(H,21,22). The second-order valence-corrected chi connectivity index (χ2v) is 6.28. The fraction of sp³-hybridized carbons (Fsp3) is 0.500. The van der Waals surface area contributed by atoms with Gasteiger partial charge in [-0.1, -0.05) is 23.2 Å². The van der Waals surface area contributed by atoms with E-state index in [0.29, 0.717) is 41.9 Å². The van der Waals surface area contributed by atoms with E-state index in [0.717, 1.165) is 0 Å². The lowest BCUT2D eigenvalue weighted by Crippen LogP contribution is -2.46. The topological polar surface area (TPSA) is 76.1 Å². The number of benzene rings is 1. The lowest BCUT2D eigenvalue weighted by atomic mass is 10.1. The summed E-state index contributed by atoms with van der Waals surface area (Å²) < 4.78 is 10.8. The second kappa shape index (κ2) is 9.11. The molecule has 0 radical (unpaired) electrons. The number of carboxylic acid groups (broad SMARTS) is 1. The van der Waals surface area contributed by atoms with Crippen molar-refractivity contribution in [3.63, 3.8) is 0 Å². The van der Waals surface area contributed by atoms with Crippen LogP contribution in [0.3, 0.4) is 0 Å². The van der Waals surface area contributed by atoms with E-state index in [1.54, 1.807) is 17.0 Å². The molecule has 1 fully saturated rings. The van der Waals surface area contributed by atoms with Crippen molar-refractivity contribution in [1.29, 1.82) is 0 Å². The highest BCUT2D eigenvalue weighted by Crippen LogP contribution is 2.27. The van der Waals surface area contributed by atoms with Gasteiger partial charge >= 0.3 is 5.97 Å². The van der Waals surface area contributed by atoms with Crippen molar-refractivity contribution < 1.29 is 24.2 Å². The summed E-state index contributed by atoms with van der Waals surface area (Å²) in [4.78, 5) is 24.9. The third-order valence-electron chi connectivity index (χ3n) is 3.76. The van der Waals surface area contributed by atoms with E-state index in [1.165, 1.54) is 6.07 Å². The molecule has 0 bridgehead atoms. The highest BCUT2D eigenvalue weighted by Gasteiger charge is 2.26. The van der Waals surface area contributed by atoms with Crippen LogP contribution in [-0.2, 0) is 14.3 Å². The Morgan fingerprint density at radius 3 is 2.67 bits per heavy atom. The smallest absolute Gasteiger partial charge is 0.305 e. The number of aliphatic carboxylic acids is 1. The molecule has 0 aromatic heterocycles. The van der Waals surface area contributed by atoms with Gasteiger partial charge in [0.2, 0.25) is 0 Å². The number of rotatable bonds is 7. The Labute approximate surface area is 150 Å². The SMILES string of the molecule is O=C(O)CCN(C(=O)COc1cc(Cl)ccc1Cl)C1CCOCC1. The van der Waals surface area contributed by atoms with Gasteiger partial charge in [0.05, 0.1) is 11.4 Å². The summed E-state index contributed by atoms with van der Waals surface area (Å²) in [7, 11) is 0. The molecule has 0 saturated carbocycles. The minimum atomic E-state index is -0.946. The van der Waals surface area contributed by atoms with E-state index in [1.807, 2.05) is 0 Å². The Bertz CT molecular complexity index is 590. The minimum Gasteiger partial charge on any atom is -0.482 e. The summed E-state index contributed by atoms with van der Waals surface area (Å²) in [6.45, 7) is 1.04. The number of hydrogen-bond donors (Lipinski definition) is 1. The molecule has 1 aromatic carbocycles. The number of halogens is 2. The molecule has 1 aliphatic heterocycles. The molecule has 6 nitrogen and oxygen atoms in total. The average molecular weight is 376 g/mol. The molecule has 0 atom stereocenters. The van der Waals surface area contributed by atoms with Gasteiger partial charge in [0.25, 0.3) is 5.91 Å². The fourth-order valence-corrected chi connectivity index (χ4v) is 2.87. The van der Waals surface area contributed by atoms with Gasteiger partial charge in [0.15, 0.2) is 6.61 Å². The van der Waals surface area contributed by atoms with Crippen LogP contribution in [0, 0.1) is 0 Å². The van der Waals surface area contributed by atoms with Gasteiger partial charge in [-0.2, -0.15) is 0 Å². The van der Waals surface area contributed by atoms with E-state index in [9.17, 15) is 9.59 Å². The Balaban J connectivity index is 2.00. The lowest BCUT2D eigenvalue weighted by Gasteiger charge is -2.34. The number of carbonyl (C=O) groups is 2. The Morgan fingerprint density at radius 2 is 2.00 bits per heavy atom. The Morgan fingerprint density at radius 1 is 1.29 bits per heavy atom. The number of amides is 1. The third-order valence-corrected chi connectivity index (χ3v) is 4.31. The van der Waals surface area contributed by atoms with Crippen LogP contribution < -0.4 is 4.74 Å². The molecule has 1 aliphatic rings. The molecule has 2 rings (SSSR count). The van der Waals surface area contributed by atoms with Crippen molar-refractivity contribution in [3.05, 3.63) is 28.2 Å². The number of hydrogen-bond acceptors (Lipinski definition) is 4. The van der Waals surface area contributed by atoms with Crippen LogP contribution in [0.15, 0.2) is 18.2 Å². The van der Waals surface area contributed by atoms with Crippen molar-refractivity contribution in [2.45, 2.75) is 25.3 Å². The van der Waals surface area contributed by atoms with Gasteiger partial charge in [-0.3, -0.25) is 9.59 Å². The summed E-state index contributed by atoms with van der Waals surface area (Å²) in [6.07, 6.45) is 1.26. The Hall–Kier alpha value is -1.50. The molecule has 8 heteroatoms. The largest absolute Gasteiger partial charge is 0.482 e. The van der Waals surface area contributed by atoms with Crippen LogP contribution in [0.4, 0.5) is 0 Å². The summed E-state index contributed by atoms with van der Waals surface area (Å²) >= 11 is 11.9. The van der Waals surface area contributed by atoms with Gasteiger partial charge in [0.1, 0.15) is 5.75 Å². The number of carbonyl (C=O) groups excluding carboxylic acids is 1. The van der Waals surface area contributed by atoms with Crippen LogP contribution in [0.25, 0.3) is 0 Å². The summed E-state index contributed by atoms with van der Waals surface area (Å²) in [5, 5.41) is 9.70. The normalized spacial score (nSPS) is 15.1. The van der Waals surface area contributed by atoms with Crippen molar-refractivity contribution in [3.8, 4) is 5.75 Å². The first-order valence-electron chi connectivity index (χ1n) is 7.64. The maximum absolute atomic E-state index is 12.5. The molecule has 0 aliphatic carbocycles. The predicted molar refractivity (Wildman–Crippen MR) is 89.8 cm³/mol. The maximum Gasteiger partial charge on any atom is 0.305 e. The van der Waals surface area contributed by atoms with E-state index < -0.39 is 5.97 Å². The van der Waals surface area contributed by atoms with Crippen LogP contribution in [0.2, 0.25) is 10.0 Å². The van der Waals surface area contributed by atoms with E-state index in [4.69, 9.17) is 37.8 Å². The number of ether oxygens (including phenoxy) is 2. The zero-order valence-electron chi connectivity index (χ0n) is 13.0. The molecule has 0 spiro atoms. The monoisotopic (exact) mass is 375 g/mol. The molecule has 0 unspecified atom stereocenters. The van der Waals surface area contributed by atoms with E-state index in [2.05, 4.69) is 0 Å². The number of nitrogens with zero attached hydrogens (tertiary/aromatic N) is 1. The molecule has 24 heavy (non-hydrogen) atoms. The first kappa shape index (κ1) is 18.8. The molecule has 1 heterocycles. The third kappa shape index (κ3) is 5.54. The Kier molecular flexibility index (Phi) is 7.15. The van der Waals surface area contributed by atoms with E-state index in [-0.39, 0.29) is 31.5 Å². The van der Waals surface area contributed by atoms with Crippen molar-refractivity contribution in [2.75, 3.05) is 26.4 Å². The highest BCUT2D eigenvalue weighted by molar-refractivity contribution is 6.34. The quantitative estimate of drug-likeness (QED) is 0.792. The zero-order valence-corrected chi connectivity index (χ0v) is 14.6. The van der Waals surface area contributed by atoms with Gasteiger partial charge in [-0.05, 0) is 25.0 Å². The highest BCUT2D eigenvalue weighted by atomic mass is 35.5. The molecular formula is C16H19Cl2NO5. The first-order valence-corrected chi connectivity index (χ1v) is 8.40. The maximum atomic E-state index is 12.5. The molecule has 1 N–H and O–H groups in total. The van der Waals surface area contributed by atoms with Crippen LogP contribution in [0.1, 0.15) is 19.3 Å².